The van der Waals surface area contributed by atoms with Gasteiger partial charge < -0.3 is 4.90 Å². The summed E-state index contributed by atoms with van der Waals surface area (Å²) in [5, 5.41) is 7.08. The minimum absolute atomic E-state index is 0.0414. The van der Waals surface area contributed by atoms with E-state index in [-0.39, 0.29) is 5.91 Å². The van der Waals surface area contributed by atoms with Crippen LogP contribution >= 0.6 is 0 Å². The van der Waals surface area contributed by atoms with E-state index < -0.39 is 0 Å². The predicted octanol–water partition coefficient (Wildman–Crippen LogP) is 2.09. The van der Waals surface area contributed by atoms with Gasteiger partial charge in [-0.3, -0.25) is 9.89 Å². The first-order valence-corrected chi connectivity index (χ1v) is 7.56. The Morgan fingerprint density at radius 3 is 2.84 bits per heavy atom. The Balaban J connectivity index is 1.54. The molecule has 0 radical (unpaired) electrons. The second-order valence-electron chi connectivity index (χ2n) is 6.22. The van der Waals surface area contributed by atoms with Gasteiger partial charge in [0.05, 0.1) is 0 Å². The molecule has 0 spiro atoms. The molecule has 3 aliphatic rings. The van der Waals surface area contributed by atoms with Crippen molar-refractivity contribution in [2.75, 3.05) is 6.54 Å². The minimum atomic E-state index is 0.0414. The van der Waals surface area contributed by atoms with Crippen molar-refractivity contribution in [3.8, 4) is 0 Å². The van der Waals surface area contributed by atoms with Gasteiger partial charge in [-0.15, -0.1) is 5.10 Å². The SMILES string of the molecule is O=C(c1n[nH]c(C2CC2)n1)N1CCCC2CCCC21. The number of hydrogen-bond donors (Lipinski definition) is 1. The van der Waals surface area contributed by atoms with Crippen LogP contribution < -0.4 is 0 Å². The number of piperidine rings is 1. The lowest BCUT2D eigenvalue weighted by Gasteiger charge is -2.37. The lowest BCUT2D eigenvalue weighted by Crippen LogP contribution is -2.46. The summed E-state index contributed by atoms with van der Waals surface area (Å²) in [6, 6.07) is 0.448. The molecule has 0 aromatic carbocycles. The molecule has 1 amide bonds. The number of carbonyl (C=O) groups excluding carboxylic acids is 1. The fourth-order valence-electron chi connectivity index (χ4n) is 3.74. The van der Waals surface area contributed by atoms with E-state index in [9.17, 15) is 4.79 Å². The van der Waals surface area contributed by atoms with Crippen molar-refractivity contribution in [1.29, 1.82) is 0 Å². The van der Waals surface area contributed by atoms with Gasteiger partial charge in [0.2, 0.25) is 5.82 Å². The Hall–Kier alpha value is -1.39. The fraction of sp³-hybridized carbons (Fsp3) is 0.786. The summed E-state index contributed by atoms with van der Waals surface area (Å²) in [6.45, 7) is 0.882. The minimum Gasteiger partial charge on any atom is -0.333 e. The van der Waals surface area contributed by atoms with Crippen LogP contribution in [-0.2, 0) is 0 Å². The molecule has 2 saturated carbocycles. The normalized spacial score (nSPS) is 30.4. The van der Waals surface area contributed by atoms with Gasteiger partial charge in [0.25, 0.3) is 5.91 Å². The van der Waals surface area contributed by atoms with Crippen molar-refractivity contribution in [3.05, 3.63) is 11.6 Å². The zero-order valence-electron chi connectivity index (χ0n) is 11.1. The lowest BCUT2D eigenvalue weighted by atomic mass is 9.92. The Kier molecular flexibility index (Phi) is 2.60. The first-order chi connectivity index (χ1) is 9.33. The van der Waals surface area contributed by atoms with E-state index in [1.807, 2.05) is 4.90 Å². The fourth-order valence-corrected chi connectivity index (χ4v) is 3.74. The third kappa shape index (κ3) is 1.95. The van der Waals surface area contributed by atoms with Crippen LogP contribution in [0.5, 0.6) is 0 Å². The first kappa shape index (κ1) is 11.4. The third-order valence-electron chi connectivity index (χ3n) is 4.91. The maximum Gasteiger partial charge on any atom is 0.293 e. The molecular weight excluding hydrogens is 240 g/mol. The molecule has 2 heterocycles. The van der Waals surface area contributed by atoms with Gasteiger partial charge in [-0.1, -0.05) is 6.42 Å². The molecule has 19 heavy (non-hydrogen) atoms. The van der Waals surface area contributed by atoms with Crippen LogP contribution in [0.2, 0.25) is 0 Å². The Morgan fingerprint density at radius 2 is 2.00 bits per heavy atom. The van der Waals surface area contributed by atoms with Crippen molar-refractivity contribution >= 4 is 5.91 Å². The lowest BCUT2D eigenvalue weighted by molar-refractivity contribution is 0.0536. The highest BCUT2D eigenvalue weighted by molar-refractivity contribution is 5.90. The van der Waals surface area contributed by atoms with E-state index in [0.717, 1.165) is 31.1 Å². The highest BCUT2D eigenvalue weighted by Crippen LogP contribution is 2.39. The molecule has 5 nitrogen and oxygen atoms in total. The summed E-state index contributed by atoms with van der Waals surface area (Å²) in [5.74, 6) is 2.58. The summed E-state index contributed by atoms with van der Waals surface area (Å²) in [4.78, 5) is 19.0. The zero-order chi connectivity index (χ0) is 12.8. The van der Waals surface area contributed by atoms with Crippen molar-refractivity contribution in [3.63, 3.8) is 0 Å². The van der Waals surface area contributed by atoms with Gasteiger partial charge in [0.15, 0.2) is 0 Å². The average Bonchev–Trinajstić information content (AvgIpc) is 2.99. The maximum absolute atomic E-state index is 12.6. The number of fused-ring (bicyclic) bond motifs is 1. The Morgan fingerprint density at radius 1 is 1.16 bits per heavy atom. The molecule has 5 heteroatoms. The summed E-state index contributed by atoms with van der Waals surface area (Å²) < 4.78 is 0. The van der Waals surface area contributed by atoms with Gasteiger partial charge in [0.1, 0.15) is 5.82 Å². The number of rotatable bonds is 2. The number of nitrogens with one attached hydrogen (secondary N) is 1. The van der Waals surface area contributed by atoms with Gasteiger partial charge in [-0.05, 0) is 44.4 Å². The molecule has 2 aliphatic carbocycles. The van der Waals surface area contributed by atoms with Crippen LogP contribution in [0.15, 0.2) is 0 Å². The van der Waals surface area contributed by atoms with E-state index in [0.29, 0.717) is 17.8 Å². The number of carbonyl (C=O) groups is 1. The molecule has 1 aliphatic heterocycles. The summed E-state index contributed by atoms with van der Waals surface area (Å²) in [6.07, 6.45) is 8.49. The molecule has 1 aromatic heterocycles. The standard InChI is InChI=1S/C14H20N4O/c19-14(13-15-12(16-17-13)10-6-7-10)18-8-2-4-9-3-1-5-11(9)18/h9-11H,1-8H2,(H,15,16,17). The number of aromatic nitrogens is 3. The Bertz CT molecular complexity index is 493. The van der Waals surface area contributed by atoms with Crippen LogP contribution in [0.3, 0.4) is 0 Å². The quantitative estimate of drug-likeness (QED) is 0.885. The topological polar surface area (TPSA) is 61.9 Å². The second kappa shape index (κ2) is 4.32. The molecule has 2 unspecified atom stereocenters. The van der Waals surface area contributed by atoms with Crippen molar-refractivity contribution in [2.45, 2.75) is 56.9 Å². The highest BCUT2D eigenvalue weighted by Gasteiger charge is 2.39. The Labute approximate surface area is 112 Å². The number of aromatic amines is 1. The van der Waals surface area contributed by atoms with Crippen molar-refractivity contribution in [1.82, 2.24) is 20.1 Å². The van der Waals surface area contributed by atoms with Crippen LogP contribution in [0, 0.1) is 5.92 Å². The molecule has 1 saturated heterocycles. The van der Waals surface area contributed by atoms with Gasteiger partial charge in [0, 0.05) is 18.5 Å². The van der Waals surface area contributed by atoms with Crippen molar-refractivity contribution in [2.24, 2.45) is 5.92 Å². The number of H-pyrrole nitrogens is 1. The highest BCUT2D eigenvalue weighted by atomic mass is 16.2. The summed E-state index contributed by atoms with van der Waals surface area (Å²) in [7, 11) is 0. The first-order valence-electron chi connectivity index (χ1n) is 7.56. The van der Waals surface area contributed by atoms with Crippen molar-refractivity contribution < 1.29 is 4.79 Å². The third-order valence-corrected chi connectivity index (χ3v) is 4.91. The van der Waals surface area contributed by atoms with Gasteiger partial charge in [-0.2, -0.15) is 0 Å². The summed E-state index contributed by atoms with van der Waals surface area (Å²) >= 11 is 0. The van der Waals surface area contributed by atoms with Crippen LogP contribution in [0.25, 0.3) is 0 Å². The average molecular weight is 260 g/mol. The number of nitrogens with zero attached hydrogens (tertiary/aromatic N) is 3. The van der Waals surface area contributed by atoms with Crippen LogP contribution in [-0.4, -0.2) is 38.6 Å². The van der Waals surface area contributed by atoms with E-state index in [2.05, 4.69) is 15.2 Å². The smallest absolute Gasteiger partial charge is 0.293 e. The number of amides is 1. The predicted molar refractivity (Wildman–Crippen MR) is 69.8 cm³/mol. The maximum atomic E-state index is 12.6. The second-order valence-corrected chi connectivity index (χ2v) is 6.22. The number of likely N-dealkylation sites (tertiary alicyclic amines) is 1. The summed E-state index contributed by atoms with van der Waals surface area (Å²) in [5.41, 5.74) is 0. The van der Waals surface area contributed by atoms with Crippen LogP contribution in [0.4, 0.5) is 0 Å². The molecule has 2 atom stereocenters. The molecule has 4 rings (SSSR count). The van der Waals surface area contributed by atoms with Gasteiger partial charge in [-0.25, -0.2) is 4.98 Å². The molecule has 1 aromatic rings. The van der Waals surface area contributed by atoms with E-state index in [1.54, 1.807) is 0 Å². The van der Waals surface area contributed by atoms with Gasteiger partial charge >= 0.3 is 0 Å². The number of hydrogen-bond acceptors (Lipinski definition) is 3. The molecule has 1 N–H and O–H groups in total. The van der Waals surface area contributed by atoms with E-state index in [4.69, 9.17) is 0 Å². The largest absolute Gasteiger partial charge is 0.333 e. The van der Waals surface area contributed by atoms with Crippen LogP contribution in [0.1, 0.15) is 67.3 Å². The molecular formula is C14H20N4O. The molecule has 102 valence electrons. The van der Waals surface area contributed by atoms with E-state index in [1.165, 1.54) is 32.1 Å². The molecule has 0 bridgehead atoms. The monoisotopic (exact) mass is 260 g/mol. The molecule has 3 fully saturated rings. The van der Waals surface area contributed by atoms with E-state index >= 15 is 0 Å². The zero-order valence-corrected chi connectivity index (χ0v) is 11.1.